The number of nitrogens with zero attached hydrogens (tertiary/aromatic N) is 1. The Balaban J connectivity index is 2.69. The van der Waals surface area contributed by atoms with E-state index in [-0.39, 0.29) is 0 Å². The van der Waals surface area contributed by atoms with Crippen molar-refractivity contribution in [3.05, 3.63) is 0 Å². The lowest BCUT2D eigenvalue weighted by molar-refractivity contribution is -0.138. The van der Waals surface area contributed by atoms with Gasteiger partial charge in [-0.1, -0.05) is 13.3 Å². The lowest BCUT2D eigenvalue weighted by Gasteiger charge is -2.27. The van der Waals surface area contributed by atoms with Gasteiger partial charge in [0.2, 0.25) is 0 Å². The number of nitrogens with two attached hydrogens (primary N) is 1. The van der Waals surface area contributed by atoms with Crippen LogP contribution in [0.15, 0.2) is 0 Å². The molecule has 0 aromatic carbocycles. The highest BCUT2D eigenvalue weighted by Gasteiger charge is 2.37. The molecule has 1 heterocycles. The molecule has 0 aromatic heterocycles. The van der Waals surface area contributed by atoms with Gasteiger partial charge < -0.3 is 5.73 Å². The number of carbonyl (C=O) groups is 3. The van der Waals surface area contributed by atoms with Crippen LogP contribution in [0, 0.1) is 0 Å². The number of hydrogen-bond donors (Lipinski definition) is 2. The van der Waals surface area contributed by atoms with Crippen LogP contribution in [0.5, 0.6) is 0 Å². The maximum Gasteiger partial charge on any atom is 0.330 e. The second kappa shape index (κ2) is 4.19. The van der Waals surface area contributed by atoms with Crippen molar-refractivity contribution >= 4 is 17.8 Å². The normalized spacial score (nSPS) is 22.6. The first kappa shape index (κ1) is 10.6. The van der Waals surface area contributed by atoms with Crippen LogP contribution in [-0.4, -0.2) is 35.3 Å². The predicted octanol–water partition coefficient (Wildman–Crippen LogP) is -0.808. The van der Waals surface area contributed by atoms with Gasteiger partial charge in [0.05, 0.1) is 0 Å². The maximum atomic E-state index is 11.4. The summed E-state index contributed by atoms with van der Waals surface area (Å²) in [6.07, 6.45) is 1.57. The molecule has 0 saturated carbocycles. The molecule has 1 saturated heterocycles. The summed E-state index contributed by atoms with van der Waals surface area (Å²) in [5.41, 5.74) is 5.29. The molecule has 6 nitrogen and oxygen atoms in total. The molecule has 0 spiro atoms. The van der Waals surface area contributed by atoms with Crippen LogP contribution in [0.3, 0.4) is 0 Å². The Hall–Kier alpha value is -1.43. The molecule has 14 heavy (non-hydrogen) atoms. The first-order valence-electron chi connectivity index (χ1n) is 4.49. The minimum atomic E-state index is -1.25. The van der Waals surface area contributed by atoms with E-state index >= 15 is 0 Å². The molecule has 1 aliphatic rings. The van der Waals surface area contributed by atoms with Crippen molar-refractivity contribution in [1.29, 1.82) is 0 Å². The Morgan fingerprint density at radius 3 is 2.64 bits per heavy atom. The highest BCUT2D eigenvalue weighted by molar-refractivity contribution is 6.18. The maximum absolute atomic E-state index is 11.4. The van der Waals surface area contributed by atoms with Crippen LogP contribution in [0.25, 0.3) is 0 Å². The summed E-state index contributed by atoms with van der Waals surface area (Å²) in [7, 11) is 0. The number of nitrogens with one attached hydrogen (secondary N) is 1. The highest BCUT2D eigenvalue weighted by Crippen LogP contribution is 2.04. The zero-order chi connectivity index (χ0) is 10.7. The van der Waals surface area contributed by atoms with E-state index in [1.165, 1.54) is 0 Å². The number of urea groups is 1. The van der Waals surface area contributed by atoms with Crippen LogP contribution < -0.4 is 11.1 Å². The van der Waals surface area contributed by atoms with Gasteiger partial charge in [-0.3, -0.25) is 19.8 Å². The van der Waals surface area contributed by atoms with Crippen LogP contribution in [0.4, 0.5) is 4.79 Å². The average Bonchev–Trinajstić information content (AvgIpc) is 2.14. The highest BCUT2D eigenvalue weighted by atomic mass is 16.2. The molecule has 4 amide bonds. The summed E-state index contributed by atoms with van der Waals surface area (Å²) in [5.74, 6) is -1.35. The SMILES string of the molecule is CCCCN1C(=O)NC(=O)C(N)C1=O. The Kier molecular flexibility index (Phi) is 3.19. The zero-order valence-corrected chi connectivity index (χ0v) is 7.95. The zero-order valence-electron chi connectivity index (χ0n) is 7.95. The summed E-state index contributed by atoms with van der Waals surface area (Å²) in [4.78, 5) is 34.5. The van der Waals surface area contributed by atoms with E-state index in [0.717, 1.165) is 11.3 Å². The van der Waals surface area contributed by atoms with Gasteiger partial charge in [0.1, 0.15) is 0 Å². The van der Waals surface area contributed by atoms with Gasteiger partial charge in [-0.05, 0) is 6.42 Å². The Morgan fingerprint density at radius 2 is 2.07 bits per heavy atom. The van der Waals surface area contributed by atoms with E-state index < -0.39 is 23.9 Å². The molecule has 3 N–H and O–H groups in total. The van der Waals surface area contributed by atoms with Gasteiger partial charge >= 0.3 is 6.03 Å². The minimum absolute atomic E-state index is 0.308. The van der Waals surface area contributed by atoms with Crippen molar-refractivity contribution in [2.75, 3.05) is 6.54 Å². The monoisotopic (exact) mass is 199 g/mol. The quantitative estimate of drug-likeness (QED) is 0.581. The number of hydrogen-bond acceptors (Lipinski definition) is 4. The molecule has 1 aliphatic heterocycles. The van der Waals surface area contributed by atoms with Crippen molar-refractivity contribution in [3.63, 3.8) is 0 Å². The second-order valence-electron chi connectivity index (χ2n) is 3.12. The summed E-state index contributed by atoms with van der Waals surface area (Å²) in [6.45, 7) is 2.25. The van der Waals surface area contributed by atoms with E-state index in [4.69, 9.17) is 5.73 Å². The fraction of sp³-hybridized carbons (Fsp3) is 0.625. The first-order valence-corrected chi connectivity index (χ1v) is 4.49. The summed E-state index contributed by atoms with van der Waals surface area (Å²) in [5, 5.41) is 2.02. The fourth-order valence-corrected chi connectivity index (χ4v) is 1.16. The van der Waals surface area contributed by atoms with E-state index in [1.807, 2.05) is 12.2 Å². The van der Waals surface area contributed by atoms with Gasteiger partial charge in [-0.2, -0.15) is 0 Å². The third kappa shape index (κ3) is 1.90. The largest absolute Gasteiger partial charge is 0.330 e. The van der Waals surface area contributed by atoms with Gasteiger partial charge in [0, 0.05) is 6.54 Å². The number of unbranched alkanes of at least 4 members (excludes halogenated alkanes) is 1. The minimum Gasteiger partial charge on any atom is -0.312 e. The second-order valence-corrected chi connectivity index (χ2v) is 3.12. The molecule has 0 aliphatic carbocycles. The van der Waals surface area contributed by atoms with Crippen molar-refractivity contribution in [1.82, 2.24) is 10.2 Å². The van der Waals surface area contributed by atoms with Crippen LogP contribution in [0.1, 0.15) is 19.8 Å². The summed E-state index contributed by atoms with van der Waals surface area (Å²) in [6, 6.07) is -1.92. The van der Waals surface area contributed by atoms with Gasteiger partial charge in [0.25, 0.3) is 11.8 Å². The van der Waals surface area contributed by atoms with E-state index in [2.05, 4.69) is 0 Å². The predicted molar refractivity (Wildman–Crippen MR) is 48.1 cm³/mol. The lowest BCUT2D eigenvalue weighted by Crippen LogP contribution is -2.63. The molecule has 0 aromatic rings. The third-order valence-corrected chi connectivity index (χ3v) is 2.03. The van der Waals surface area contributed by atoms with Crippen molar-refractivity contribution in [2.45, 2.75) is 25.8 Å². The summed E-state index contributed by atoms with van der Waals surface area (Å²) >= 11 is 0. The van der Waals surface area contributed by atoms with E-state index in [1.54, 1.807) is 0 Å². The molecule has 1 unspecified atom stereocenters. The Morgan fingerprint density at radius 1 is 1.43 bits per heavy atom. The number of amides is 4. The van der Waals surface area contributed by atoms with Crippen LogP contribution >= 0.6 is 0 Å². The fourth-order valence-electron chi connectivity index (χ4n) is 1.16. The Bertz CT molecular complexity index is 277. The van der Waals surface area contributed by atoms with Crippen LogP contribution in [0.2, 0.25) is 0 Å². The number of carbonyl (C=O) groups excluding carboxylic acids is 3. The topological polar surface area (TPSA) is 92.5 Å². The van der Waals surface area contributed by atoms with E-state index in [9.17, 15) is 14.4 Å². The average molecular weight is 199 g/mol. The third-order valence-electron chi connectivity index (χ3n) is 2.03. The van der Waals surface area contributed by atoms with Gasteiger partial charge in [-0.15, -0.1) is 0 Å². The molecule has 78 valence electrons. The van der Waals surface area contributed by atoms with Gasteiger partial charge in [0.15, 0.2) is 6.04 Å². The standard InChI is InChI=1S/C8H13N3O3/c1-2-3-4-11-7(13)5(9)6(12)10-8(11)14/h5H,2-4,9H2,1H3,(H,10,12,14). The van der Waals surface area contributed by atoms with Crippen LogP contribution in [-0.2, 0) is 9.59 Å². The van der Waals surface area contributed by atoms with Crippen molar-refractivity contribution in [3.8, 4) is 0 Å². The molecule has 6 heteroatoms. The molecule has 0 radical (unpaired) electrons. The molecular weight excluding hydrogens is 186 g/mol. The first-order chi connectivity index (χ1) is 6.57. The molecule has 0 bridgehead atoms. The molecule has 1 atom stereocenters. The van der Waals surface area contributed by atoms with E-state index in [0.29, 0.717) is 13.0 Å². The number of imide groups is 2. The Labute approximate surface area is 81.4 Å². The lowest BCUT2D eigenvalue weighted by atomic mass is 10.2. The number of barbiturate groups is 1. The summed E-state index contributed by atoms with van der Waals surface area (Å²) < 4.78 is 0. The smallest absolute Gasteiger partial charge is 0.312 e. The van der Waals surface area contributed by atoms with Crippen molar-refractivity contribution in [2.24, 2.45) is 5.73 Å². The van der Waals surface area contributed by atoms with Gasteiger partial charge in [-0.25, -0.2) is 4.79 Å². The molecule has 1 rings (SSSR count). The van der Waals surface area contributed by atoms with Crippen molar-refractivity contribution < 1.29 is 14.4 Å². The number of rotatable bonds is 3. The molecule has 1 fully saturated rings. The molecular formula is C8H13N3O3.